The fraction of sp³-hybridized carbons (Fsp3) is 0.724. The molecule has 0 aromatic carbocycles. The lowest BCUT2D eigenvalue weighted by Crippen LogP contribution is -2.69. The molecule has 6 rings (SSSR count). The normalized spacial score (nSPS) is 42.9. The first-order chi connectivity index (χ1) is 18.4. The Hall–Kier alpha value is -2.21. The number of hydrogen-bond donors (Lipinski definition) is 2. The quantitative estimate of drug-likeness (QED) is 0.395. The van der Waals surface area contributed by atoms with Crippen molar-refractivity contribution < 1.29 is 46.9 Å². The van der Waals surface area contributed by atoms with Gasteiger partial charge in [0, 0.05) is 5.92 Å². The zero-order chi connectivity index (χ0) is 29.4. The van der Waals surface area contributed by atoms with E-state index in [9.17, 15) is 28.2 Å². The highest BCUT2D eigenvalue weighted by molar-refractivity contribution is 5.92. The minimum Gasteiger partial charge on any atom is -0.451 e. The Kier molecular flexibility index (Phi) is 5.73. The summed E-state index contributed by atoms with van der Waals surface area (Å²) in [7, 11) is 0. The predicted octanol–water partition coefficient (Wildman–Crippen LogP) is 4.59. The number of carbonyl (C=O) groups excluding carboxylic acids is 1. The molecule has 2 heterocycles. The first-order valence-electron chi connectivity index (χ1n) is 13.7. The first-order valence-corrected chi connectivity index (χ1v) is 13.7. The minimum atomic E-state index is -4.98. The number of ether oxygens (including phenoxy) is 3. The van der Waals surface area contributed by atoms with Crippen LogP contribution in [0.1, 0.15) is 69.8 Å². The number of fused-ring (bicyclic) bond motifs is 5. The summed E-state index contributed by atoms with van der Waals surface area (Å²) in [4.78, 5) is 13.4. The van der Waals surface area contributed by atoms with Crippen LogP contribution in [0.15, 0.2) is 27.8 Å². The van der Waals surface area contributed by atoms with Crippen LogP contribution in [0.5, 0.6) is 0 Å². The summed E-state index contributed by atoms with van der Waals surface area (Å²) < 4.78 is 63.6. The van der Waals surface area contributed by atoms with Crippen molar-refractivity contribution in [3.05, 3.63) is 40.3 Å². The van der Waals surface area contributed by atoms with Crippen LogP contribution >= 0.6 is 0 Å². The van der Waals surface area contributed by atoms with E-state index in [0.29, 0.717) is 23.5 Å². The van der Waals surface area contributed by atoms with Gasteiger partial charge in [0.1, 0.15) is 17.3 Å². The Morgan fingerprint density at radius 2 is 1.88 bits per heavy atom. The molecule has 9 atom stereocenters. The van der Waals surface area contributed by atoms with Crippen LogP contribution in [-0.2, 0) is 20.4 Å². The lowest BCUT2D eigenvalue weighted by molar-refractivity contribution is -0.312. The third-order valence-corrected chi connectivity index (χ3v) is 10.5. The molecule has 40 heavy (non-hydrogen) atoms. The molecule has 2 N–H and O–H groups in total. The molecule has 11 heteroatoms. The number of rotatable bonds is 2. The molecule has 220 valence electrons. The molecule has 1 saturated heterocycles. The average molecular weight is 568 g/mol. The topological polar surface area (TPSA) is 111 Å². The van der Waals surface area contributed by atoms with Crippen molar-refractivity contribution in [3.63, 3.8) is 0 Å². The van der Waals surface area contributed by atoms with Gasteiger partial charge in [-0.25, -0.2) is 4.79 Å². The van der Waals surface area contributed by atoms with E-state index >= 15 is 0 Å². The van der Waals surface area contributed by atoms with Crippen molar-refractivity contribution in [3.8, 4) is 0 Å². The number of hydrogen-bond acceptors (Lipinski definition) is 8. The van der Waals surface area contributed by atoms with E-state index in [2.05, 4.69) is 23.5 Å². The van der Waals surface area contributed by atoms with E-state index in [1.807, 2.05) is 13.0 Å². The number of esters is 1. The molecular weight excluding hydrogens is 531 g/mol. The highest BCUT2D eigenvalue weighted by Crippen LogP contribution is 2.73. The number of aliphatic hydroxyl groups is 2. The maximum Gasteiger partial charge on any atom is 0.453 e. The molecule has 0 amide bonds. The Balaban J connectivity index is 1.51. The standard InChI is InChI=1S/C29H36F3NO7/c1-12-10-27-13(2)8-17-19(25(17,4)5)16(20(27)34)9-15-11-37-26(6,7)39-22(15)28(27,36)21(12)38-24(35)18-14(3)33-40-23(18)29(30,31)32/h9-10,13,16-17,19-22,34,36H,8,11H2,1-7H3/t13-,16+,17-,19+,20?,21+,22-,27+,28-/m1/s1. The van der Waals surface area contributed by atoms with Gasteiger partial charge in [0.2, 0.25) is 0 Å². The van der Waals surface area contributed by atoms with Crippen molar-refractivity contribution in [2.24, 2.45) is 34.5 Å². The zero-order valence-corrected chi connectivity index (χ0v) is 23.6. The molecule has 4 aliphatic carbocycles. The van der Waals surface area contributed by atoms with Crippen LogP contribution in [0.4, 0.5) is 13.2 Å². The van der Waals surface area contributed by atoms with Crippen LogP contribution < -0.4 is 0 Å². The van der Waals surface area contributed by atoms with Gasteiger partial charge in [-0.15, -0.1) is 0 Å². The van der Waals surface area contributed by atoms with E-state index < -0.39 is 58.6 Å². The van der Waals surface area contributed by atoms with E-state index in [1.54, 1.807) is 26.8 Å². The van der Waals surface area contributed by atoms with E-state index in [4.69, 9.17) is 14.2 Å². The molecule has 3 fully saturated rings. The second kappa shape index (κ2) is 8.20. The van der Waals surface area contributed by atoms with Crippen LogP contribution in [0.3, 0.4) is 0 Å². The van der Waals surface area contributed by atoms with Gasteiger partial charge in [0.05, 0.1) is 23.8 Å². The molecule has 1 aromatic heterocycles. The lowest BCUT2D eigenvalue weighted by Gasteiger charge is -2.55. The van der Waals surface area contributed by atoms with Crippen LogP contribution in [0.2, 0.25) is 0 Å². The van der Waals surface area contributed by atoms with Crippen LogP contribution in [0, 0.1) is 41.4 Å². The third kappa shape index (κ3) is 3.47. The average Bonchev–Trinajstić information content (AvgIpc) is 3.10. The molecule has 5 aliphatic rings. The Morgan fingerprint density at radius 3 is 2.52 bits per heavy atom. The molecule has 8 nitrogen and oxygen atoms in total. The molecule has 1 aromatic rings. The smallest absolute Gasteiger partial charge is 0.451 e. The Labute approximate surface area is 230 Å². The second-order valence-electron chi connectivity index (χ2n) is 13.4. The van der Waals surface area contributed by atoms with Crippen LogP contribution in [0.25, 0.3) is 0 Å². The van der Waals surface area contributed by atoms with Crippen molar-refractivity contribution >= 4 is 5.97 Å². The predicted molar refractivity (Wildman–Crippen MR) is 134 cm³/mol. The van der Waals surface area contributed by atoms with Gasteiger partial charge in [0.15, 0.2) is 11.9 Å². The molecule has 1 aliphatic heterocycles. The summed E-state index contributed by atoms with van der Waals surface area (Å²) in [5, 5.41) is 28.6. The Morgan fingerprint density at radius 1 is 1.20 bits per heavy atom. The van der Waals surface area contributed by atoms with E-state index in [-0.39, 0.29) is 35.5 Å². The van der Waals surface area contributed by atoms with Gasteiger partial charge >= 0.3 is 12.1 Å². The summed E-state index contributed by atoms with van der Waals surface area (Å²) in [6.45, 7) is 12.7. The van der Waals surface area contributed by atoms with E-state index in [0.717, 1.165) is 0 Å². The number of aliphatic hydroxyl groups excluding tert-OH is 1. The van der Waals surface area contributed by atoms with Gasteiger partial charge in [-0.3, -0.25) is 0 Å². The van der Waals surface area contributed by atoms with Gasteiger partial charge in [-0.2, -0.15) is 13.2 Å². The van der Waals surface area contributed by atoms with Gasteiger partial charge < -0.3 is 28.9 Å². The lowest BCUT2D eigenvalue weighted by atomic mass is 9.58. The largest absolute Gasteiger partial charge is 0.453 e. The first kappa shape index (κ1) is 27.9. The van der Waals surface area contributed by atoms with Crippen LogP contribution in [-0.4, -0.2) is 57.6 Å². The SMILES string of the molecule is CC1=C[C@]23C(O)[C@@H](C=C4COC(C)(C)O[C@H]4[C@]2(O)[C@H]1OC(=O)c1c(C)noc1C(F)(F)F)[C@H]1[C@@H](C[C@H]3C)C1(C)C. The summed E-state index contributed by atoms with van der Waals surface area (Å²) in [6.07, 6.45) is -4.09. The molecule has 2 bridgehead atoms. The number of carbonyl (C=O) groups is 1. The summed E-state index contributed by atoms with van der Waals surface area (Å²) in [6, 6.07) is 0. The molecule has 2 saturated carbocycles. The highest BCUT2D eigenvalue weighted by atomic mass is 19.4. The van der Waals surface area contributed by atoms with E-state index in [1.165, 1.54) is 6.92 Å². The number of halogens is 3. The van der Waals surface area contributed by atoms with Crippen molar-refractivity contribution in [1.82, 2.24) is 5.16 Å². The summed E-state index contributed by atoms with van der Waals surface area (Å²) >= 11 is 0. The summed E-state index contributed by atoms with van der Waals surface area (Å²) in [5.41, 5.74) is -3.47. The molecular formula is C29H36F3NO7. The number of aryl methyl sites for hydroxylation is 1. The number of alkyl halides is 3. The minimum absolute atomic E-state index is 0.0186. The van der Waals surface area contributed by atoms with Gasteiger partial charge in [0.25, 0.3) is 5.76 Å². The second-order valence-corrected chi connectivity index (χ2v) is 13.4. The maximum atomic E-state index is 13.7. The number of nitrogens with zero attached hydrogens (tertiary/aromatic N) is 1. The van der Waals surface area contributed by atoms with Crippen molar-refractivity contribution in [2.75, 3.05) is 6.61 Å². The highest BCUT2D eigenvalue weighted by Gasteiger charge is 2.77. The summed E-state index contributed by atoms with van der Waals surface area (Å²) in [5.74, 6) is -4.18. The van der Waals surface area contributed by atoms with Crippen molar-refractivity contribution in [2.45, 2.75) is 90.8 Å². The fourth-order valence-corrected chi connectivity index (χ4v) is 8.58. The molecule has 0 radical (unpaired) electrons. The molecule has 1 unspecified atom stereocenters. The monoisotopic (exact) mass is 567 g/mol. The zero-order valence-electron chi connectivity index (χ0n) is 23.6. The fourth-order valence-electron chi connectivity index (χ4n) is 8.58. The Bertz CT molecular complexity index is 1330. The van der Waals surface area contributed by atoms with Gasteiger partial charge in [-0.1, -0.05) is 38.1 Å². The maximum absolute atomic E-state index is 13.7. The number of aromatic nitrogens is 1. The van der Waals surface area contributed by atoms with Gasteiger partial charge in [-0.05, 0) is 68.4 Å². The third-order valence-electron chi connectivity index (χ3n) is 10.5. The molecule has 1 spiro atoms. The van der Waals surface area contributed by atoms with Crippen molar-refractivity contribution in [1.29, 1.82) is 0 Å².